The fourth-order valence-corrected chi connectivity index (χ4v) is 1.09. The molecule has 8 heavy (non-hydrogen) atoms. The fraction of sp³-hybridized carbons (Fsp3) is 1.00. The largest absolute Gasteiger partial charge is 0.398 e. The van der Waals surface area contributed by atoms with Gasteiger partial charge in [0.2, 0.25) is 0 Å². The molecule has 0 heterocycles. The first-order valence-electron chi connectivity index (χ1n) is 1.70. The molecule has 0 aromatic carbocycles. The second-order valence-corrected chi connectivity index (χ2v) is 2.87. The van der Waals surface area contributed by atoms with Crippen LogP contribution in [0.25, 0.3) is 0 Å². The predicted molar refractivity (Wildman–Crippen MR) is 31.2 cm³/mol. The third-order valence-corrected chi connectivity index (χ3v) is 1.74. The summed E-state index contributed by atoms with van der Waals surface area (Å²) < 4.78 is 18.4. The van der Waals surface area contributed by atoms with Crippen molar-refractivity contribution in [2.75, 3.05) is 12.7 Å². The number of halogens is 2. The van der Waals surface area contributed by atoms with Gasteiger partial charge in [-0.2, -0.15) is 0 Å². The van der Waals surface area contributed by atoms with E-state index in [0.29, 0.717) is 0 Å². The highest BCUT2D eigenvalue weighted by Gasteiger charge is 2.13. The summed E-state index contributed by atoms with van der Waals surface area (Å²) in [4.78, 5) is 0. The SMILES string of the molecule is O=[P+](COCl)COCl. The smallest absolute Gasteiger partial charge is 0.228 e. The van der Waals surface area contributed by atoms with Crippen molar-refractivity contribution < 1.29 is 13.1 Å². The lowest BCUT2D eigenvalue weighted by atomic mass is 11.7. The molecule has 6 heteroatoms. The van der Waals surface area contributed by atoms with Gasteiger partial charge >= 0.3 is 7.80 Å². The van der Waals surface area contributed by atoms with Crippen LogP contribution in [0.1, 0.15) is 0 Å². The third-order valence-electron chi connectivity index (χ3n) is 0.386. The van der Waals surface area contributed by atoms with Crippen LogP contribution in [-0.4, -0.2) is 12.7 Å². The lowest BCUT2D eigenvalue weighted by Crippen LogP contribution is -1.80. The van der Waals surface area contributed by atoms with E-state index in [1.165, 1.54) is 0 Å². The van der Waals surface area contributed by atoms with E-state index in [4.69, 9.17) is 23.7 Å². The van der Waals surface area contributed by atoms with Gasteiger partial charge in [0.25, 0.3) is 12.7 Å². The first kappa shape index (κ1) is 8.60. The lowest BCUT2D eigenvalue weighted by molar-refractivity contribution is 0.390. The standard InChI is InChI=1S/C2H4Cl2O3P/c3-6-1-8(5)2-7-4/h1-2H2/q+1. The minimum absolute atomic E-state index is 0.0242. The van der Waals surface area contributed by atoms with Crippen molar-refractivity contribution >= 4 is 31.5 Å². The first-order chi connectivity index (χ1) is 3.81. The molecule has 0 aliphatic rings. The van der Waals surface area contributed by atoms with E-state index in [2.05, 4.69) is 8.58 Å². The van der Waals surface area contributed by atoms with Crippen LogP contribution >= 0.6 is 31.5 Å². The van der Waals surface area contributed by atoms with E-state index < -0.39 is 7.80 Å². The van der Waals surface area contributed by atoms with E-state index >= 15 is 0 Å². The average molecular weight is 178 g/mol. The molecule has 0 aliphatic carbocycles. The van der Waals surface area contributed by atoms with Crippen LogP contribution in [0.3, 0.4) is 0 Å². The van der Waals surface area contributed by atoms with Crippen molar-refractivity contribution in [2.45, 2.75) is 0 Å². The zero-order valence-corrected chi connectivity index (χ0v) is 6.25. The molecule has 0 spiro atoms. The molecule has 0 amide bonds. The third kappa shape index (κ3) is 4.75. The Hall–Kier alpha value is 0.600. The first-order valence-corrected chi connectivity index (χ1v) is 3.95. The fourth-order valence-electron chi connectivity index (χ4n) is 0.146. The highest BCUT2D eigenvalue weighted by atomic mass is 35.5. The Morgan fingerprint density at radius 3 is 1.88 bits per heavy atom. The number of hydrogen-bond donors (Lipinski definition) is 0. The predicted octanol–water partition coefficient (Wildman–Crippen LogP) is 2.07. The van der Waals surface area contributed by atoms with Crippen LogP contribution in [0.5, 0.6) is 0 Å². The Bertz CT molecular complexity index is 69.7. The quantitative estimate of drug-likeness (QED) is 0.618. The van der Waals surface area contributed by atoms with E-state index in [1.54, 1.807) is 0 Å². The molecule has 0 unspecified atom stereocenters. The molecule has 48 valence electrons. The van der Waals surface area contributed by atoms with Crippen LogP contribution in [0.2, 0.25) is 0 Å². The number of hydrogen-bond acceptors (Lipinski definition) is 3. The van der Waals surface area contributed by atoms with E-state index in [1.807, 2.05) is 0 Å². The van der Waals surface area contributed by atoms with Crippen molar-refractivity contribution in [3.8, 4) is 0 Å². The van der Waals surface area contributed by atoms with E-state index in [-0.39, 0.29) is 12.7 Å². The van der Waals surface area contributed by atoms with Crippen LogP contribution in [-0.2, 0) is 13.1 Å². The van der Waals surface area contributed by atoms with Gasteiger partial charge in [-0.1, -0.05) is 4.57 Å². The second kappa shape index (κ2) is 5.73. The molecule has 0 N–H and O–H groups in total. The van der Waals surface area contributed by atoms with Gasteiger partial charge in [-0.25, -0.2) is 8.58 Å². The molecule has 0 saturated heterocycles. The van der Waals surface area contributed by atoms with Gasteiger partial charge in [-0.15, -0.1) is 0 Å². The summed E-state index contributed by atoms with van der Waals surface area (Å²) in [5.41, 5.74) is 0. The minimum Gasteiger partial charge on any atom is -0.228 e. The van der Waals surface area contributed by atoms with Gasteiger partial charge in [0.05, 0.1) is 23.7 Å². The molecular formula is C2H4Cl2O3P+. The summed E-state index contributed by atoms with van der Waals surface area (Å²) in [7, 11) is -1.54. The maximum Gasteiger partial charge on any atom is 0.398 e. The topological polar surface area (TPSA) is 35.5 Å². The summed E-state index contributed by atoms with van der Waals surface area (Å²) in [5, 5.41) is 0. The molecule has 0 bridgehead atoms. The van der Waals surface area contributed by atoms with E-state index in [0.717, 1.165) is 0 Å². The van der Waals surface area contributed by atoms with Crippen molar-refractivity contribution in [2.24, 2.45) is 0 Å². The maximum absolute atomic E-state index is 10.4. The maximum atomic E-state index is 10.4. The van der Waals surface area contributed by atoms with Gasteiger partial charge in [0.15, 0.2) is 0 Å². The van der Waals surface area contributed by atoms with Crippen LogP contribution in [0.4, 0.5) is 0 Å². The molecule has 0 saturated carbocycles. The summed E-state index contributed by atoms with van der Waals surface area (Å²) in [6, 6.07) is 0. The lowest BCUT2D eigenvalue weighted by Gasteiger charge is -1.78. The minimum atomic E-state index is -1.54. The molecule has 0 atom stereocenters. The van der Waals surface area contributed by atoms with Crippen molar-refractivity contribution in [3.63, 3.8) is 0 Å². The van der Waals surface area contributed by atoms with Gasteiger partial charge in [0.1, 0.15) is 0 Å². The van der Waals surface area contributed by atoms with Crippen molar-refractivity contribution in [1.82, 2.24) is 0 Å². The molecule has 3 nitrogen and oxygen atoms in total. The molecular weight excluding hydrogens is 174 g/mol. The van der Waals surface area contributed by atoms with Gasteiger partial charge in [-0.05, 0) is 0 Å². The molecule has 0 aliphatic heterocycles. The summed E-state index contributed by atoms with van der Waals surface area (Å²) in [6.45, 7) is 0. The zero-order valence-electron chi connectivity index (χ0n) is 3.84. The Morgan fingerprint density at radius 1 is 1.25 bits per heavy atom. The zero-order chi connectivity index (χ0) is 6.41. The van der Waals surface area contributed by atoms with Crippen molar-refractivity contribution in [1.29, 1.82) is 0 Å². The van der Waals surface area contributed by atoms with Gasteiger partial charge in [-0.3, -0.25) is 0 Å². The molecule has 0 radical (unpaired) electrons. The normalized spacial score (nSPS) is 9.25. The molecule has 0 fully saturated rings. The number of rotatable bonds is 4. The average Bonchev–Trinajstić information content (AvgIpc) is 1.68. The highest BCUT2D eigenvalue weighted by molar-refractivity contribution is 7.44. The second-order valence-electron chi connectivity index (χ2n) is 0.958. The van der Waals surface area contributed by atoms with E-state index in [9.17, 15) is 4.57 Å². The van der Waals surface area contributed by atoms with Crippen LogP contribution < -0.4 is 0 Å². The molecule has 0 aromatic rings. The Kier molecular flexibility index (Phi) is 6.16. The summed E-state index contributed by atoms with van der Waals surface area (Å²) >= 11 is 9.50. The monoisotopic (exact) mass is 177 g/mol. The summed E-state index contributed by atoms with van der Waals surface area (Å²) in [5.74, 6) is 0. The molecule has 0 rings (SSSR count). The van der Waals surface area contributed by atoms with Gasteiger partial charge < -0.3 is 0 Å². The highest BCUT2D eigenvalue weighted by Crippen LogP contribution is 2.20. The summed E-state index contributed by atoms with van der Waals surface area (Å²) in [6.07, 6.45) is -0.0484. The van der Waals surface area contributed by atoms with Crippen molar-refractivity contribution in [3.05, 3.63) is 0 Å². The van der Waals surface area contributed by atoms with Crippen LogP contribution in [0, 0.1) is 0 Å². The Morgan fingerprint density at radius 2 is 1.62 bits per heavy atom. The Balaban J connectivity index is 3.06. The van der Waals surface area contributed by atoms with Crippen LogP contribution in [0.15, 0.2) is 0 Å². The Labute approximate surface area is 58.0 Å². The van der Waals surface area contributed by atoms with Gasteiger partial charge in [0, 0.05) is 0 Å². The molecule has 0 aromatic heterocycles.